The highest BCUT2D eigenvalue weighted by molar-refractivity contribution is 6.16. The van der Waals surface area contributed by atoms with Crippen molar-refractivity contribution in [2.75, 3.05) is 0 Å². The van der Waals surface area contributed by atoms with Crippen LogP contribution in [0, 0.1) is 0 Å². The molecular weight excluding hydrogens is 246 g/mol. The van der Waals surface area contributed by atoms with Crippen molar-refractivity contribution in [1.82, 2.24) is 14.5 Å². The van der Waals surface area contributed by atoms with Gasteiger partial charge in [0.05, 0.1) is 5.88 Å². The number of rotatable bonds is 2. The van der Waals surface area contributed by atoms with Gasteiger partial charge in [0, 0.05) is 12.2 Å². The lowest BCUT2D eigenvalue weighted by Crippen LogP contribution is -2.11. The molecule has 2 aromatic rings. The summed E-state index contributed by atoms with van der Waals surface area (Å²) < 4.78 is 2.29. The highest BCUT2D eigenvalue weighted by Gasteiger charge is 2.20. The molecule has 1 aliphatic carbocycles. The molecule has 0 atom stereocenters. The Kier molecular flexibility index (Phi) is 3.50. The monoisotopic (exact) mass is 263 g/mol. The van der Waals surface area contributed by atoms with Gasteiger partial charge in [0.1, 0.15) is 11.3 Å². The molecule has 0 aliphatic heterocycles. The molecule has 0 aromatic carbocycles. The summed E-state index contributed by atoms with van der Waals surface area (Å²) in [6.45, 7) is 0. The standard InChI is InChI=1S/C14H18ClN3/c15-10-13-17-12-8-5-9-16-14(12)18(13)11-6-3-1-2-4-7-11/h5,8-9,11H,1-4,6-7,10H2. The average Bonchev–Trinajstić information content (AvgIpc) is 2.59. The number of hydrogen-bond donors (Lipinski definition) is 0. The van der Waals surface area contributed by atoms with Gasteiger partial charge in [-0.1, -0.05) is 25.7 Å². The molecule has 0 unspecified atom stereocenters. The fourth-order valence-electron chi connectivity index (χ4n) is 2.97. The quantitative estimate of drug-likeness (QED) is 0.604. The van der Waals surface area contributed by atoms with Crippen molar-refractivity contribution in [2.24, 2.45) is 0 Å². The van der Waals surface area contributed by atoms with Gasteiger partial charge in [-0.25, -0.2) is 9.97 Å². The van der Waals surface area contributed by atoms with Crippen molar-refractivity contribution >= 4 is 22.8 Å². The smallest absolute Gasteiger partial charge is 0.160 e. The number of halogens is 1. The van der Waals surface area contributed by atoms with Gasteiger partial charge >= 0.3 is 0 Å². The van der Waals surface area contributed by atoms with E-state index >= 15 is 0 Å². The maximum atomic E-state index is 6.05. The fourth-order valence-corrected chi connectivity index (χ4v) is 3.16. The van der Waals surface area contributed by atoms with Crippen LogP contribution in [-0.4, -0.2) is 14.5 Å². The molecule has 0 saturated heterocycles. The topological polar surface area (TPSA) is 30.7 Å². The molecule has 1 fully saturated rings. The summed E-state index contributed by atoms with van der Waals surface area (Å²) in [7, 11) is 0. The minimum atomic E-state index is 0.465. The third kappa shape index (κ3) is 2.12. The van der Waals surface area contributed by atoms with Crippen LogP contribution in [-0.2, 0) is 5.88 Å². The molecule has 2 heterocycles. The first-order valence-electron chi connectivity index (χ1n) is 6.78. The second kappa shape index (κ2) is 5.27. The Labute approximate surface area is 112 Å². The lowest BCUT2D eigenvalue weighted by molar-refractivity contribution is 0.442. The molecule has 4 heteroatoms. The van der Waals surface area contributed by atoms with Crippen molar-refractivity contribution in [3.8, 4) is 0 Å². The third-order valence-corrected chi connectivity index (χ3v) is 4.07. The van der Waals surface area contributed by atoms with Gasteiger partial charge in [0.2, 0.25) is 0 Å². The zero-order valence-electron chi connectivity index (χ0n) is 10.5. The molecule has 1 aliphatic rings. The summed E-state index contributed by atoms with van der Waals surface area (Å²) in [5, 5.41) is 0. The van der Waals surface area contributed by atoms with Crippen LogP contribution < -0.4 is 0 Å². The first-order chi connectivity index (χ1) is 8.90. The van der Waals surface area contributed by atoms with E-state index in [1.54, 1.807) is 0 Å². The van der Waals surface area contributed by atoms with Gasteiger partial charge in [-0.2, -0.15) is 0 Å². The van der Waals surface area contributed by atoms with E-state index in [0.717, 1.165) is 17.0 Å². The predicted molar refractivity (Wildman–Crippen MR) is 73.8 cm³/mol. The number of aromatic nitrogens is 3. The lowest BCUT2D eigenvalue weighted by Gasteiger charge is -2.18. The largest absolute Gasteiger partial charge is 0.309 e. The van der Waals surface area contributed by atoms with Gasteiger partial charge in [0.25, 0.3) is 0 Å². The SMILES string of the molecule is ClCc1nc2cccnc2n1C1CCCCCC1. The van der Waals surface area contributed by atoms with Crippen molar-refractivity contribution in [3.05, 3.63) is 24.2 Å². The Morgan fingerprint density at radius 3 is 2.72 bits per heavy atom. The van der Waals surface area contributed by atoms with Crippen LogP contribution in [0.3, 0.4) is 0 Å². The van der Waals surface area contributed by atoms with Crippen molar-refractivity contribution in [3.63, 3.8) is 0 Å². The van der Waals surface area contributed by atoms with Gasteiger partial charge in [-0.15, -0.1) is 11.6 Å². The fraction of sp³-hybridized carbons (Fsp3) is 0.571. The Bertz CT molecular complexity index is 527. The lowest BCUT2D eigenvalue weighted by atomic mass is 10.1. The molecule has 2 aromatic heterocycles. The van der Waals surface area contributed by atoms with E-state index in [1.165, 1.54) is 38.5 Å². The maximum Gasteiger partial charge on any atom is 0.160 e. The minimum absolute atomic E-state index is 0.465. The van der Waals surface area contributed by atoms with Crippen molar-refractivity contribution in [2.45, 2.75) is 50.4 Å². The van der Waals surface area contributed by atoms with E-state index in [9.17, 15) is 0 Å². The molecular formula is C14H18ClN3. The Morgan fingerprint density at radius 2 is 2.00 bits per heavy atom. The van der Waals surface area contributed by atoms with E-state index in [2.05, 4.69) is 14.5 Å². The molecule has 0 amide bonds. The zero-order chi connectivity index (χ0) is 12.4. The molecule has 3 rings (SSSR count). The number of nitrogens with zero attached hydrogens (tertiary/aromatic N) is 3. The molecule has 0 radical (unpaired) electrons. The third-order valence-electron chi connectivity index (χ3n) is 3.83. The highest BCUT2D eigenvalue weighted by Crippen LogP contribution is 2.31. The average molecular weight is 264 g/mol. The van der Waals surface area contributed by atoms with Crippen molar-refractivity contribution in [1.29, 1.82) is 0 Å². The van der Waals surface area contributed by atoms with Gasteiger partial charge in [0.15, 0.2) is 5.65 Å². The Morgan fingerprint density at radius 1 is 1.22 bits per heavy atom. The summed E-state index contributed by atoms with van der Waals surface area (Å²) in [6, 6.07) is 4.48. The van der Waals surface area contributed by atoms with Crippen LogP contribution in [0.5, 0.6) is 0 Å². The zero-order valence-corrected chi connectivity index (χ0v) is 11.2. The second-order valence-corrected chi connectivity index (χ2v) is 5.29. The first kappa shape index (κ1) is 12.0. The van der Waals surface area contributed by atoms with Gasteiger partial charge in [-0.05, 0) is 25.0 Å². The minimum Gasteiger partial charge on any atom is -0.309 e. The Balaban J connectivity index is 2.07. The number of fused-ring (bicyclic) bond motifs is 1. The van der Waals surface area contributed by atoms with Crippen molar-refractivity contribution < 1.29 is 0 Å². The van der Waals surface area contributed by atoms with E-state index in [-0.39, 0.29) is 0 Å². The summed E-state index contributed by atoms with van der Waals surface area (Å²) in [5.41, 5.74) is 1.97. The molecule has 96 valence electrons. The summed E-state index contributed by atoms with van der Waals surface area (Å²) in [4.78, 5) is 9.10. The number of pyridine rings is 1. The molecule has 3 nitrogen and oxygen atoms in total. The van der Waals surface area contributed by atoms with Crippen LogP contribution in [0.25, 0.3) is 11.2 Å². The van der Waals surface area contributed by atoms with Crippen LogP contribution in [0.4, 0.5) is 0 Å². The van der Waals surface area contributed by atoms with E-state index in [4.69, 9.17) is 11.6 Å². The van der Waals surface area contributed by atoms with E-state index in [0.29, 0.717) is 11.9 Å². The molecule has 0 spiro atoms. The van der Waals surface area contributed by atoms with Crippen LogP contribution >= 0.6 is 11.6 Å². The summed E-state index contributed by atoms with van der Waals surface area (Å²) >= 11 is 6.05. The first-order valence-corrected chi connectivity index (χ1v) is 7.31. The molecule has 18 heavy (non-hydrogen) atoms. The van der Waals surface area contributed by atoms with Gasteiger partial charge < -0.3 is 4.57 Å². The van der Waals surface area contributed by atoms with Gasteiger partial charge in [-0.3, -0.25) is 0 Å². The number of imidazole rings is 1. The number of alkyl halides is 1. The molecule has 0 bridgehead atoms. The maximum absolute atomic E-state index is 6.05. The Hall–Kier alpha value is -1.09. The molecule has 1 saturated carbocycles. The van der Waals surface area contributed by atoms with E-state index < -0.39 is 0 Å². The summed E-state index contributed by atoms with van der Waals surface area (Å²) in [5.74, 6) is 1.43. The normalized spacial score (nSPS) is 18.1. The van der Waals surface area contributed by atoms with Crippen LogP contribution in [0.2, 0.25) is 0 Å². The molecule has 0 N–H and O–H groups in total. The predicted octanol–water partition coefficient (Wildman–Crippen LogP) is 4.07. The second-order valence-electron chi connectivity index (χ2n) is 5.02. The number of hydrogen-bond acceptors (Lipinski definition) is 2. The van der Waals surface area contributed by atoms with Crippen LogP contribution in [0.1, 0.15) is 50.4 Å². The van der Waals surface area contributed by atoms with E-state index in [1.807, 2.05) is 18.3 Å². The van der Waals surface area contributed by atoms with Crippen LogP contribution in [0.15, 0.2) is 18.3 Å². The summed E-state index contributed by atoms with van der Waals surface area (Å²) in [6.07, 6.45) is 9.62. The highest BCUT2D eigenvalue weighted by atomic mass is 35.5.